The van der Waals surface area contributed by atoms with Crippen LogP contribution >= 0.6 is 0 Å². The van der Waals surface area contributed by atoms with E-state index in [1.807, 2.05) is 43.3 Å². The lowest BCUT2D eigenvalue weighted by Crippen LogP contribution is -2.39. The maximum Gasteiger partial charge on any atom is 0.216 e. The van der Waals surface area contributed by atoms with Gasteiger partial charge in [0.15, 0.2) is 0 Å². The van der Waals surface area contributed by atoms with E-state index in [9.17, 15) is 8.42 Å². The summed E-state index contributed by atoms with van der Waals surface area (Å²) in [6.07, 6.45) is 5.11. The van der Waals surface area contributed by atoms with E-state index < -0.39 is 10.0 Å². The van der Waals surface area contributed by atoms with E-state index in [1.165, 1.54) is 0 Å². The number of nitrogens with zero attached hydrogens (tertiary/aromatic N) is 2. The number of hydrogen-bond donors (Lipinski definition) is 0. The van der Waals surface area contributed by atoms with Crippen molar-refractivity contribution in [3.63, 3.8) is 0 Å². The van der Waals surface area contributed by atoms with Crippen LogP contribution in [0.25, 0.3) is 0 Å². The summed E-state index contributed by atoms with van der Waals surface area (Å²) in [4.78, 5) is 2.04. The molecule has 1 aromatic rings. The minimum Gasteiger partial charge on any atom is -0.378 e. The van der Waals surface area contributed by atoms with Gasteiger partial charge in [0.1, 0.15) is 0 Å². The molecule has 1 aliphatic heterocycles. The average Bonchev–Trinajstić information content (AvgIpc) is 3.39. The van der Waals surface area contributed by atoms with Gasteiger partial charge in [-0.05, 0) is 55.7 Å². The van der Waals surface area contributed by atoms with Gasteiger partial charge in [-0.3, -0.25) is 0 Å². The molecule has 0 bridgehead atoms. The Kier molecular flexibility index (Phi) is 6.02. The fourth-order valence-electron chi connectivity index (χ4n) is 3.25. The van der Waals surface area contributed by atoms with Crippen LogP contribution in [0.1, 0.15) is 37.7 Å². The molecule has 0 amide bonds. The van der Waals surface area contributed by atoms with Crippen LogP contribution in [0.3, 0.4) is 0 Å². The minimum atomic E-state index is -3.30. The van der Waals surface area contributed by atoms with Crippen molar-refractivity contribution >= 4 is 15.7 Å². The molecular weight excluding hydrogens is 336 g/mol. The summed E-state index contributed by atoms with van der Waals surface area (Å²) in [6.45, 7) is 1.79. The van der Waals surface area contributed by atoms with Crippen LogP contribution in [0.5, 0.6) is 0 Å². The first kappa shape index (κ1) is 18.7. The van der Waals surface area contributed by atoms with E-state index in [-0.39, 0.29) is 11.9 Å². The molecule has 1 aromatic carbocycles. The van der Waals surface area contributed by atoms with Crippen LogP contribution in [0.4, 0.5) is 5.69 Å². The van der Waals surface area contributed by atoms with E-state index in [2.05, 4.69) is 0 Å². The molecule has 2 aliphatic rings. The predicted octanol–water partition coefficient (Wildman–Crippen LogP) is 2.86. The third-order valence-electron chi connectivity index (χ3n) is 5.03. The van der Waals surface area contributed by atoms with Crippen LogP contribution < -0.4 is 4.90 Å². The number of anilines is 1. The minimum absolute atomic E-state index is 0.121. The number of ether oxygens (including phenoxy) is 1. The Morgan fingerprint density at radius 2 is 1.80 bits per heavy atom. The molecule has 1 saturated heterocycles. The Morgan fingerprint density at radius 3 is 2.36 bits per heavy atom. The summed E-state index contributed by atoms with van der Waals surface area (Å²) < 4.78 is 33.3. The van der Waals surface area contributed by atoms with E-state index >= 15 is 0 Å². The highest BCUT2D eigenvalue weighted by Crippen LogP contribution is 2.31. The van der Waals surface area contributed by atoms with Crippen molar-refractivity contribution in [2.75, 3.05) is 37.9 Å². The van der Waals surface area contributed by atoms with Crippen LogP contribution in [0, 0.1) is 5.92 Å². The second kappa shape index (κ2) is 8.06. The topological polar surface area (TPSA) is 49.9 Å². The average molecular weight is 367 g/mol. The fraction of sp³-hybridized carbons (Fsp3) is 0.684. The summed E-state index contributed by atoms with van der Waals surface area (Å²) >= 11 is 0. The van der Waals surface area contributed by atoms with Gasteiger partial charge in [0.05, 0.1) is 11.9 Å². The molecular formula is C19H30N2O3S. The molecule has 140 valence electrons. The zero-order chi connectivity index (χ0) is 17.9. The summed E-state index contributed by atoms with van der Waals surface area (Å²) in [5, 5.41) is 0. The van der Waals surface area contributed by atoms with E-state index in [0.717, 1.165) is 43.4 Å². The summed E-state index contributed by atoms with van der Waals surface area (Å²) in [5.74, 6) is 0.651. The second-order valence-corrected chi connectivity index (χ2v) is 9.58. The SMILES string of the molecule is CN(C)c1ccc(CN(CC2CC2)S(=O)(=O)CC2CCCCO2)cc1. The van der Waals surface area contributed by atoms with Crippen LogP contribution in [-0.4, -0.2) is 51.8 Å². The lowest BCUT2D eigenvalue weighted by molar-refractivity contribution is 0.0298. The van der Waals surface area contributed by atoms with Gasteiger partial charge in [-0.1, -0.05) is 12.1 Å². The number of benzene rings is 1. The summed E-state index contributed by atoms with van der Waals surface area (Å²) in [7, 11) is 0.702. The Hall–Kier alpha value is -1.11. The lowest BCUT2D eigenvalue weighted by Gasteiger charge is -2.27. The van der Waals surface area contributed by atoms with Crippen molar-refractivity contribution < 1.29 is 13.2 Å². The molecule has 5 nitrogen and oxygen atoms in total. The maximum absolute atomic E-state index is 13.0. The van der Waals surface area contributed by atoms with Crippen molar-refractivity contribution in [2.24, 2.45) is 5.92 Å². The molecule has 1 atom stereocenters. The van der Waals surface area contributed by atoms with E-state index in [4.69, 9.17) is 4.74 Å². The van der Waals surface area contributed by atoms with Gasteiger partial charge in [0, 0.05) is 39.5 Å². The van der Waals surface area contributed by atoms with Gasteiger partial charge in [-0.25, -0.2) is 8.42 Å². The van der Waals surface area contributed by atoms with Crippen molar-refractivity contribution in [3.05, 3.63) is 29.8 Å². The largest absolute Gasteiger partial charge is 0.378 e. The highest BCUT2D eigenvalue weighted by atomic mass is 32.2. The summed E-state index contributed by atoms with van der Waals surface area (Å²) in [5.41, 5.74) is 2.16. The molecule has 1 unspecified atom stereocenters. The predicted molar refractivity (Wildman–Crippen MR) is 101 cm³/mol. The van der Waals surface area contributed by atoms with Crippen molar-refractivity contribution in [1.29, 1.82) is 0 Å². The summed E-state index contributed by atoms with van der Waals surface area (Å²) in [6, 6.07) is 8.15. The molecule has 0 radical (unpaired) electrons. The molecule has 3 rings (SSSR count). The zero-order valence-corrected chi connectivity index (χ0v) is 16.2. The van der Waals surface area contributed by atoms with Gasteiger partial charge in [-0.15, -0.1) is 0 Å². The standard InChI is InChI=1S/C19H30N2O3S/c1-20(2)18-10-8-17(9-11-18)14-21(13-16-6-7-16)25(22,23)15-19-5-3-4-12-24-19/h8-11,16,19H,3-7,12-15H2,1-2H3. The first-order valence-electron chi connectivity index (χ1n) is 9.30. The second-order valence-electron chi connectivity index (χ2n) is 7.56. The van der Waals surface area contributed by atoms with Gasteiger partial charge >= 0.3 is 0 Å². The Labute approximate surface area is 152 Å². The maximum atomic E-state index is 13.0. The normalized spacial score (nSPS) is 21.5. The Balaban J connectivity index is 1.69. The molecule has 1 aliphatic carbocycles. The monoisotopic (exact) mass is 366 g/mol. The molecule has 1 saturated carbocycles. The van der Waals surface area contributed by atoms with Gasteiger partial charge < -0.3 is 9.64 Å². The molecule has 0 aromatic heterocycles. The first-order chi connectivity index (χ1) is 11.9. The first-order valence-corrected chi connectivity index (χ1v) is 10.9. The Morgan fingerprint density at radius 1 is 1.08 bits per heavy atom. The highest BCUT2D eigenvalue weighted by molar-refractivity contribution is 7.89. The number of sulfonamides is 1. The van der Waals surface area contributed by atoms with Crippen molar-refractivity contribution in [2.45, 2.75) is 44.8 Å². The Bertz CT molecular complexity index is 648. The fourth-order valence-corrected chi connectivity index (χ4v) is 4.97. The molecule has 0 N–H and O–H groups in total. The lowest BCUT2D eigenvalue weighted by atomic mass is 10.1. The molecule has 6 heteroatoms. The third kappa shape index (κ3) is 5.43. The van der Waals surface area contributed by atoms with Crippen molar-refractivity contribution in [3.8, 4) is 0 Å². The number of rotatable bonds is 8. The molecule has 0 spiro atoms. The van der Waals surface area contributed by atoms with E-state index in [0.29, 0.717) is 25.6 Å². The van der Waals surface area contributed by atoms with Gasteiger partial charge in [0.25, 0.3) is 0 Å². The van der Waals surface area contributed by atoms with Crippen LogP contribution in [0.2, 0.25) is 0 Å². The van der Waals surface area contributed by atoms with Crippen molar-refractivity contribution in [1.82, 2.24) is 4.31 Å². The van der Waals surface area contributed by atoms with Crippen LogP contribution in [-0.2, 0) is 21.3 Å². The molecule has 1 heterocycles. The van der Waals surface area contributed by atoms with Crippen LogP contribution in [0.15, 0.2) is 24.3 Å². The zero-order valence-electron chi connectivity index (χ0n) is 15.4. The third-order valence-corrected chi connectivity index (χ3v) is 6.89. The van der Waals surface area contributed by atoms with E-state index in [1.54, 1.807) is 4.31 Å². The smallest absolute Gasteiger partial charge is 0.216 e. The molecule has 25 heavy (non-hydrogen) atoms. The number of hydrogen-bond acceptors (Lipinski definition) is 4. The molecule has 2 fully saturated rings. The highest BCUT2D eigenvalue weighted by Gasteiger charge is 2.33. The van der Waals surface area contributed by atoms with Gasteiger partial charge in [0.2, 0.25) is 10.0 Å². The van der Waals surface area contributed by atoms with Gasteiger partial charge in [-0.2, -0.15) is 4.31 Å². The quantitative estimate of drug-likeness (QED) is 0.710.